The first-order valence-electron chi connectivity index (χ1n) is 10.1. The van der Waals surface area contributed by atoms with Gasteiger partial charge in [-0.2, -0.15) is 0 Å². The van der Waals surface area contributed by atoms with E-state index in [1.165, 1.54) is 40.9 Å². The standard InChI is InChI=1S/C25H18F4N2O2S/c1-16-2-4-17(5-3-16)14-22-23(32)31(20-10-12-21(13-11-20)33-25(27,28)29)24(30-22)34-15-18-6-8-19(26)9-7-18/h2-14H,15H2,1H3. The van der Waals surface area contributed by atoms with Crippen LogP contribution in [0.25, 0.3) is 6.08 Å². The Kier molecular flexibility index (Phi) is 6.74. The van der Waals surface area contributed by atoms with Crippen LogP contribution in [0, 0.1) is 12.7 Å². The predicted molar refractivity (Wildman–Crippen MR) is 125 cm³/mol. The van der Waals surface area contributed by atoms with Gasteiger partial charge in [0.05, 0.1) is 5.69 Å². The van der Waals surface area contributed by atoms with Crippen LogP contribution in [0.4, 0.5) is 23.2 Å². The van der Waals surface area contributed by atoms with Crippen LogP contribution in [0.15, 0.2) is 83.5 Å². The summed E-state index contributed by atoms with van der Waals surface area (Å²) >= 11 is 1.26. The lowest BCUT2D eigenvalue weighted by Crippen LogP contribution is -2.30. The van der Waals surface area contributed by atoms with Crippen LogP contribution in [0.2, 0.25) is 0 Å². The first-order valence-corrected chi connectivity index (χ1v) is 11.1. The smallest absolute Gasteiger partial charge is 0.406 e. The van der Waals surface area contributed by atoms with E-state index in [1.54, 1.807) is 18.2 Å². The third-order valence-electron chi connectivity index (χ3n) is 4.82. The van der Waals surface area contributed by atoms with Gasteiger partial charge < -0.3 is 4.74 Å². The minimum absolute atomic E-state index is 0.195. The number of halogens is 4. The molecule has 4 nitrogen and oxygen atoms in total. The van der Waals surface area contributed by atoms with E-state index in [0.717, 1.165) is 28.8 Å². The number of alkyl halides is 3. The summed E-state index contributed by atoms with van der Waals surface area (Å²) in [5.74, 6) is -0.744. The lowest BCUT2D eigenvalue weighted by Gasteiger charge is -2.18. The Labute approximate surface area is 197 Å². The summed E-state index contributed by atoms with van der Waals surface area (Å²) in [6, 6.07) is 18.5. The fraction of sp³-hybridized carbons (Fsp3) is 0.120. The van der Waals surface area contributed by atoms with Crippen molar-refractivity contribution in [1.82, 2.24) is 0 Å². The molecule has 3 aromatic carbocycles. The highest BCUT2D eigenvalue weighted by molar-refractivity contribution is 8.13. The number of nitrogens with zero attached hydrogens (tertiary/aromatic N) is 2. The minimum atomic E-state index is -4.81. The summed E-state index contributed by atoms with van der Waals surface area (Å²) in [5.41, 5.74) is 3.22. The second-order valence-corrected chi connectivity index (χ2v) is 8.37. The average molecular weight is 486 g/mol. The van der Waals surface area contributed by atoms with Crippen molar-refractivity contribution in [2.75, 3.05) is 4.90 Å². The molecule has 4 rings (SSSR count). The van der Waals surface area contributed by atoms with Crippen molar-refractivity contribution in [2.24, 2.45) is 4.99 Å². The molecular weight excluding hydrogens is 468 g/mol. The Bertz CT molecular complexity index is 1240. The molecule has 0 fully saturated rings. The van der Waals surface area contributed by atoms with Crippen LogP contribution < -0.4 is 9.64 Å². The van der Waals surface area contributed by atoms with E-state index in [2.05, 4.69) is 9.73 Å². The summed E-state index contributed by atoms with van der Waals surface area (Å²) in [6.45, 7) is 1.95. The van der Waals surface area contributed by atoms with E-state index in [1.807, 2.05) is 31.2 Å². The Morgan fingerprint density at radius 2 is 1.62 bits per heavy atom. The largest absolute Gasteiger partial charge is 0.573 e. The molecule has 0 N–H and O–H groups in total. The van der Waals surface area contributed by atoms with Crippen molar-refractivity contribution in [3.05, 3.63) is 101 Å². The molecule has 0 aliphatic carbocycles. The molecule has 1 aliphatic heterocycles. The molecule has 174 valence electrons. The van der Waals surface area contributed by atoms with E-state index in [0.29, 0.717) is 16.6 Å². The highest BCUT2D eigenvalue weighted by Gasteiger charge is 2.33. The lowest BCUT2D eigenvalue weighted by atomic mass is 10.1. The fourth-order valence-electron chi connectivity index (χ4n) is 3.17. The van der Waals surface area contributed by atoms with Gasteiger partial charge in [0.1, 0.15) is 17.3 Å². The number of amides is 1. The lowest BCUT2D eigenvalue weighted by molar-refractivity contribution is -0.274. The van der Waals surface area contributed by atoms with Crippen LogP contribution in [-0.2, 0) is 10.5 Å². The van der Waals surface area contributed by atoms with Gasteiger partial charge in [0, 0.05) is 5.75 Å². The third kappa shape index (κ3) is 5.85. The average Bonchev–Trinajstić information content (AvgIpc) is 3.09. The molecule has 1 heterocycles. The van der Waals surface area contributed by atoms with Gasteiger partial charge in [-0.3, -0.25) is 9.69 Å². The number of carbonyl (C=O) groups is 1. The summed E-state index contributed by atoms with van der Waals surface area (Å²) in [7, 11) is 0. The van der Waals surface area contributed by atoms with Gasteiger partial charge in [0.25, 0.3) is 5.91 Å². The maximum Gasteiger partial charge on any atom is 0.573 e. The normalized spacial score (nSPS) is 15.1. The summed E-state index contributed by atoms with van der Waals surface area (Å²) in [4.78, 5) is 19.1. The van der Waals surface area contributed by atoms with Crippen LogP contribution in [-0.4, -0.2) is 17.4 Å². The van der Waals surface area contributed by atoms with Crippen LogP contribution >= 0.6 is 11.8 Å². The zero-order valence-corrected chi connectivity index (χ0v) is 18.7. The SMILES string of the molecule is Cc1ccc(C=C2N=C(SCc3ccc(F)cc3)N(c3ccc(OC(F)(F)F)cc3)C2=O)cc1. The molecule has 0 bridgehead atoms. The molecule has 0 saturated carbocycles. The number of carbonyl (C=O) groups excluding carboxylic acids is 1. The minimum Gasteiger partial charge on any atom is -0.406 e. The first-order chi connectivity index (χ1) is 16.2. The van der Waals surface area contributed by atoms with Crippen molar-refractivity contribution in [3.63, 3.8) is 0 Å². The number of benzene rings is 3. The Morgan fingerprint density at radius 3 is 2.24 bits per heavy atom. The van der Waals surface area contributed by atoms with Crippen molar-refractivity contribution in [1.29, 1.82) is 0 Å². The first kappa shape index (κ1) is 23.6. The number of hydrogen-bond donors (Lipinski definition) is 0. The van der Waals surface area contributed by atoms with Crippen molar-refractivity contribution in [2.45, 2.75) is 19.0 Å². The number of amidine groups is 1. The van der Waals surface area contributed by atoms with E-state index >= 15 is 0 Å². The van der Waals surface area contributed by atoms with E-state index in [-0.39, 0.29) is 11.5 Å². The second kappa shape index (κ2) is 9.72. The second-order valence-electron chi connectivity index (χ2n) is 7.43. The van der Waals surface area contributed by atoms with E-state index in [9.17, 15) is 22.4 Å². The number of thioether (sulfide) groups is 1. The summed E-state index contributed by atoms with van der Waals surface area (Å²) in [6.07, 6.45) is -3.16. The summed E-state index contributed by atoms with van der Waals surface area (Å²) < 4.78 is 54.6. The van der Waals surface area contributed by atoms with E-state index in [4.69, 9.17) is 0 Å². The quantitative estimate of drug-likeness (QED) is 0.297. The van der Waals surface area contributed by atoms with E-state index < -0.39 is 18.0 Å². The zero-order chi connectivity index (χ0) is 24.3. The van der Waals surface area contributed by atoms with Gasteiger partial charge in [0.15, 0.2) is 5.17 Å². The highest BCUT2D eigenvalue weighted by Crippen LogP contribution is 2.33. The fourth-order valence-corrected chi connectivity index (χ4v) is 4.14. The number of rotatable bonds is 5. The number of anilines is 1. The van der Waals surface area contributed by atoms with Crippen molar-refractivity contribution < 1.29 is 27.1 Å². The number of aliphatic imine (C=N–C) groups is 1. The molecule has 1 aliphatic rings. The predicted octanol–water partition coefficient (Wildman–Crippen LogP) is 6.71. The molecule has 3 aromatic rings. The molecule has 0 atom stereocenters. The van der Waals surface area contributed by atoms with Gasteiger partial charge in [-0.25, -0.2) is 9.38 Å². The number of hydrogen-bond acceptors (Lipinski definition) is 4. The Hall–Kier alpha value is -3.59. The van der Waals surface area contributed by atoms with Crippen LogP contribution in [0.3, 0.4) is 0 Å². The third-order valence-corrected chi connectivity index (χ3v) is 5.83. The van der Waals surface area contributed by atoms with Crippen molar-refractivity contribution >= 4 is 34.6 Å². The molecule has 0 aromatic heterocycles. The van der Waals surface area contributed by atoms with Gasteiger partial charge in [-0.05, 0) is 60.5 Å². The maximum atomic E-state index is 13.2. The molecule has 1 amide bonds. The van der Waals surface area contributed by atoms with Crippen LogP contribution in [0.5, 0.6) is 5.75 Å². The van der Waals surface area contributed by atoms with Crippen LogP contribution in [0.1, 0.15) is 16.7 Å². The number of ether oxygens (including phenoxy) is 1. The van der Waals surface area contributed by atoms with Gasteiger partial charge >= 0.3 is 6.36 Å². The zero-order valence-electron chi connectivity index (χ0n) is 17.8. The molecular formula is C25H18F4N2O2S. The molecule has 9 heteroatoms. The van der Waals surface area contributed by atoms with Crippen molar-refractivity contribution in [3.8, 4) is 5.75 Å². The molecule has 0 spiro atoms. The summed E-state index contributed by atoms with van der Waals surface area (Å²) in [5, 5.41) is 0.358. The van der Waals surface area contributed by atoms with Gasteiger partial charge in [-0.1, -0.05) is 53.7 Å². The Morgan fingerprint density at radius 1 is 0.971 bits per heavy atom. The molecule has 0 unspecified atom stereocenters. The van der Waals surface area contributed by atoms with Gasteiger partial charge in [-0.15, -0.1) is 13.2 Å². The molecule has 34 heavy (non-hydrogen) atoms. The topological polar surface area (TPSA) is 41.9 Å². The number of aryl methyl sites for hydroxylation is 1. The molecule has 0 saturated heterocycles. The monoisotopic (exact) mass is 486 g/mol. The maximum absolute atomic E-state index is 13.2. The van der Waals surface area contributed by atoms with Gasteiger partial charge in [0.2, 0.25) is 0 Å². The highest BCUT2D eigenvalue weighted by atomic mass is 32.2. The molecule has 0 radical (unpaired) electrons. The Balaban J connectivity index is 1.63.